The van der Waals surface area contributed by atoms with E-state index in [-0.39, 0.29) is 0 Å². The van der Waals surface area contributed by atoms with Gasteiger partial charge in [0.15, 0.2) is 0 Å². The topological polar surface area (TPSA) is 15.3 Å². The Morgan fingerprint density at radius 1 is 1.33 bits per heavy atom. The van der Waals surface area contributed by atoms with E-state index in [4.69, 9.17) is 0 Å². The van der Waals surface area contributed by atoms with Crippen molar-refractivity contribution >= 4 is 15.9 Å². The van der Waals surface area contributed by atoms with Gasteiger partial charge in [-0.2, -0.15) is 0 Å². The lowest BCUT2D eigenvalue weighted by atomic mass is 10.1. The zero-order valence-corrected chi connectivity index (χ0v) is 12.5. The van der Waals surface area contributed by atoms with Gasteiger partial charge >= 0.3 is 0 Å². The van der Waals surface area contributed by atoms with E-state index in [1.807, 2.05) is 0 Å². The van der Waals surface area contributed by atoms with Crippen LogP contribution in [0.15, 0.2) is 22.7 Å². The number of hydrogen-bond acceptors (Lipinski definition) is 2. The molecular formula is C15H21BrN2. The van der Waals surface area contributed by atoms with Crippen LogP contribution in [0.1, 0.15) is 36.4 Å². The molecule has 0 amide bonds. The monoisotopic (exact) mass is 308 g/mol. The molecule has 1 fully saturated rings. The summed E-state index contributed by atoms with van der Waals surface area (Å²) in [5, 5.41) is 3.72. The number of likely N-dealkylation sites (N-methyl/N-ethyl adjacent to an activating group) is 1. The molecule has 2 aliphatic rings. The van der Waals surface area contributed by atoms with Crippen molar-refractivity contribution in [2.45, 2.75) is 37.8 Å². The Hall–Kier alpha value is -0.380. The number of hydrogen-bond donors (Lipinski definition) is 1. The molecule has 3 rings (SSSR count). The Kier molecular flexibility index (Phi) is 3.73. The first-order chi connectivity index (χ1) is 8.75. The molecule has 18 heavy (non-hydrogen) atoms. The molecule has 0 aromatic heterocycles. The van der Waals surface area contributed by atoms with Crippen LogP contribution in [0.5, 0.6) is 0 Å². The van der Waals surface area contributed by atoms with E-state index in [1.165, 1.54) is 47.8 Å². The highest BCUT2D eigenvalue weighted by Gasteiger charge is 2.26. The van der Waals surface area contributed by atoms with Crippen molar-refractivity contribution in [1.82, 2.24) is 10.2 Å². The SMILES string of the molecule is CN(CCNC1CCc2c(Br)cccc21)C1CC1. The van der Waals surface area contributed by atoms with Crippen LogP contribution in [-0.4, -0.2) is 31.1 Å². The minimum Gasteiger partial charge on any atom is -0.309 e. The molecule has 1 aromatic rings. The fraction of sp³-hybridized carbons (Fsp3) is 0.600. The minimum atomic E-state index is 0.560. The predicted octanol–water partition coefficient (Wildman–Crippen LogP) is 3.12. The molecule has 1 N–H and O–H groups in total. The van der Waals surface area contributed by atoms with E-state index in [1.54, 1.807) is 0 Å². The van der Waals surface area contributed by atoms with Crippen molar-refractivity contribution in [1.29, 1.82) is 0 Å². The maximum atomic E-state index is 3.72. The second kappa shape index (κ2) is 5.32. The van der Waals surface area contributed by atoms with Crippen molar-refractivity contribution in [2.75, 3.05) is 20.1 Å². The van der Waals surface area contributed by atoms with Gasteiger partial charge in [-0.15, -0.1) is 0 Å². The third-order valence-electron chi connectivity index (χ3n) is 4.24. The van der Waals surface area contributed by atoms with E-state index >= 15 is 0 Å². The highest BCUT2D eigenvalue weighted by atomic mass is 79.9. The molecule has 0 spiro atoms. The molecule has 1 unspecified atom stereocenters. The second-order valence-corrected chi connectivity index (χ2v) is 6.42. The number of rotatable bonds is 5. The number of halogens is 1. The third kappa shape index (κ3) is 2.63. The molecule has 3 heteroatoms. The van der Waals surface area contributed by atoms with E-state index in [2.05, 4.69) is 51.4 Å². The van der Waals surface area contributed by atoms with Gasteiger partial charge in [0.25, 0.3) is 0 Å². The van der Waals surface area contributed by atoms with Gasteiger partial charge in [-0.1, -0.05) is 28.1 Å². The average Bonchev–Trinajstić information content (AvgIpc) is 3.13. The molecule has 2 nitrogen and oxygen atoms in total. The van der Waals surface area contributed by atoms with Gasteiger partial charge in [0.1, 0.15) is 0 Å². The van der Waals surface area contributed by atoms with Crippen LogP contribution >= 0.6 is 15.9 Å². The fourth-order valence-electron chi connectivity index (χ4n) is 2.93. The summed E-state index contributed by atoms with van der Waals surface area (Å²) in [6.07, 6.45) is 5.24. The molecule has 1 aromatic carbocycles. The van der Waals surface area contributed by atoms with Crippen LogP contribution in [0.3, 0.4) is 0 Å². The number of nitrogens with one attached hydrogen (secondary N) is 1. The summed E-state index contributed by atoms with van der Waals surface area (Å²) in [4.78, 5) is 2.49. The van der Waals surface area contributed by atoms with Gasteiger partial charge in [0.2, 0.25) is 0 Å². The molecule has 1 saturated carbocycles. The number of fused-ring (bicyclic) bond motifs is 1. The first-order valence-electron chi connectivity index (χ1n) is 6.96. The average molecular weight is 309 g/mol. The number of nitrogens with zero attached hydrogens (tertiary/aromatic N) is 1. The third-order valence-corrected chi connectivity index (χ3v) is 4.98. The van der Waals surface area contributed by atoms with Gasteiger partial charge in [-0.25, -0.2) is 0 Å². The maximum Gasteiger partial charge on any atom is 0.0327 e. The van der Waals surface area contributed by atoms with E-state index in [0.29, 0.717) is 6.04 Å². The van der Waals surface area contributed by atoms with Crippen LogP contribution in [0.2, 0.25) is 0 Å². The molecule has 0 saturated heterocycles. The molecule has 98 valence electrons. The van der Waals surface area contributed by atoms with Crippen LogP contribution in [0.4, 0.5) is 0 Å². The molecule has 2 aliphatic carbocycles. The normalized spacial score (nSPS) is 22.5. The zero-order chi connectivity index (χ0) is 12.5. The summed E-state index contributed by atoms with van der Waals surface area (Å²) in [5.74, 6) is 0. The summed E-state index contributed by atoms with van der Waals surface area (Å²) in [6, 6.07) is 8.01. The molecule has 0 heterocycles. The Morgan fingerprint density at radius 2 is 2.17 bits per heavy atom. The van der Waals surface area contributed by atoms with Crippen LogP contribution in [0.25, 0.3) is 0 Å². The number of benzene rings is 1. The summed E-state index contributed by atoms with van der Waals surface area (Å²) in [7, 11) is 2.25. The molecule has 1 atom stereocenters. The smallest absolute Gasteiger partial charge is 0.0327 e. The largest absolute Gasteiger partial charge is 0.309 e. The van der Waals surface area contributed by atoms with Crippen molar-refractivity contribution in [3.8, 4) is 0 Å². The molecule has 0 radical (unpaired) electrons. The van der Waals surface area contributed by atoms with Crippen LogP contribution in [0, 0.1) is 0 Å². The van der Waals surface area contributed by atoms with E-state index in [9.17, 15) is 0 Å². The maximum absolute atomic E-state index is 3.72. The zero-order valence-electron chi connectivity index (χ0n) is 11.0. The summed E-state index contributed by atoms with van der Waals surface area (Å²) >= 11 is 3.66. The summed E-state index contributed by atoms with van der Waals surface area (Å²) in [6.45, 7) is 2.27. The van der Waals surface area contributed by atoms with E-state index < -0.39 is 0 Å². The summed E-state index contributed by atoms with van der Waals surface area (Å²) < 4.78 is 1.28. The predicted molar refractivity (Wildman–Crippen MR) is 78.9 cm³/mol. The Balaban J connectivity index is 1.54. The van der Waals surface area contributed by atoms with Gasteiger partial charge in [-0.05, 0) is 49.9 Å². The Morgan fingerprint density at radius 3 is 2.94 bits per heavy atom. The quantitative estimate of drug-likeness (QED) is 0.899. The molecule has 0 bridgehead atoms. The van der Waals surface area contributed by atoms with Gasteiger partial charge in [0.05, 0.1) is 0 Å². The van der Waals surface area contributed by atoms with Gasteiger partial charge < -0.3 is 10.2 Å². The van der Waals surface area contributed by atoms with Gasteiger partial charge in [-0.3, -0.25) is 0 Å². The van der Waals surface area contributed by atoms with Crippen molar-refractivity contribution in [2.24, 2.45) is 0 Å². The van der Waals surface area contributed by atoms with Gasteiger partial charge in [0, 0.05) is 29.6 Å². The molecular weight excluding hydrogens is 288 g/mol. The molecule has 0 aliphatic heterocycles. The lowest BCUT2D eigenvalue weighted by Crippen LogP contribution is -2.32. The van der Waals surface area contributed by atoms with E-state index in [0.717, 1.165) is 12.6 Å². The standard InChI is InChI=1S/C15H21BrN2/c1-18(11-5-6-11)10-9-17-15-8-7-12-13(15)3-2-4-14(12)16/h2-4,11,15,17H,5-10H2,1H3. The van der Waals surface area contributed by atoms with Crippen molar-refractivity contribution in [3.63, 3.8) is 0 Å². The first-order valence-corrected chi connectivity index (χ1v) is 7.76. The lowest BCUT2D eigenvalue weighted by Gasteiger charge is -2.19. The van der Waals surface area contributed by atoms with Crippen molar-refractivity contribution < 1.29 is 0 Å². The highest BCUT2D eigenvalue weighted by Crippen LogP contribution is 2.35. The fourth-order valence-corrected chi connectivity index (χ4v) is 3.51. The summed E-state index contributed by atoms with van der Waals surface area (Å²) in [5.41, 5.74) is 3.00. The Labute approximate surface area is 118 Å². The van der Waals surface area contributed by atoms with Crippen LogP contribution in [-0.2, 0) is 6.42 Å². The second-order valence-electron chi connectivity index (χ2n) is 5.56. The lowest BCUT2D eigenvalue weighted by molar-refractivity contribution is 0.314. The van der Waals surface area contributed by atoms with Crippen LogP contribution < -0.4 is 5.32 Å². The highest BCUT2D eigenvalue weighted by molar-refractivity contribution is 9.10. The minimum absolute atomic E-state index is 0.560. The first kappa shape index (κ1) is 12.6. The Bertz CT molecular complexity index is 429. The van der Waals surface area contributed by atoms with Crippen molar-refractivity contribution in [3.05, 3.63) is 33.8 Å².